The maximum Gasteiger partial charge on any atom is -3.00 e. The van der Waals surface area contributed by atoms with E-state index in [0.717, 1.165) is 0 Å². The first-order valence-electron chi connectivity index (χ1n) is 0. The fraction of sp³-hybridized carbons (Fsp3) is 0. The van der Waals surface area contributed by atoms with Crippen molar-refractivity contribution in [2.45, 2.75) is 0 Å². The maximum atomic E-state index is 0. The molecule has 0 aromatic carbocycles. The molecule has 0 saturated carbocycles. The van der Waals surface area contributed by atoms with Gasteiger partial charge in [-0.15, -0.1) is 0 Å². The van der Waals surface area contributed by atoms with Crippen molar-refractivity contribution >= 4 is 170 Å². The van der Waals surface area contributed by atoms with Gasteiger partial charge in [-0.3, -0.25) is 0 Å². The van der Waals surface area contributed by atoms with E-state index < -0.39 is 0 Å². The zero-order valence-corrected chi connectivity index (χ0v) is 9.64. The molecule has 0 rings (SSSR count). The molecule has 0 aliphatic carbocycles. The van der Waals surface area contributed by atoms with Gasteiger partial charge in [0.2, 0.25) is 0 Å². The van der Waals surface area contributed by atoms with Crippen LogP contribution in [-0.4, -0.2) is 170 Å². The van der Waals surface area contributed by atoms with Gasteiger partial charge in [0.15, 0.2) is 0 Å². The van der Waals surface area contributed by atoms with Gasteiger partial charge < -0.3 is 12.3 Å². The molecule has 0 bridgehead atoms. The Bertz CT molecular complexity index is 12.5. The van der Waals surface area contributed by atoms with Crippen LogP contribution in [0.25, 0.3) is 12.3 Å². The van der Waals surface area contributed by atoms with Crippen molar-refractivity contribution in [1.82, 2.24) is 0 Å². The third-order valence-corrected chi connectivity index (χ3v) is 0. The molecule has 0 radical (unpaired) electrons. The normalized spacial score (nSPS) is 0. The van der Waals surface area contributed by atoms with Gasteiger partial charge in [0.25, 0.3) is 0 Å². The largest absolute Gasteiger partial charge is 3.00 e. The second kappa shape index (κ2) is 54.7. The molecule has 0 aromatic heterocycles. The van der Waals surface area contributed by atoms with Crippen LogP contribution in [0, 0.1) is 0 Å². The SMILES string of the molecule is [Ca+2].[Ca+2].[Ca+2].[LiH].[LiH].[LiH].[N-3].[N-3]. The summed E-state index contributed by atoms with van der Waals surface area (Å²) in [7, 11) is 0. The Kier molecular flexibility index (Phi) is 477. The fourth-order valence-electron chi connectivity index (χ4n) is 0. The molecule has 0 aromatic rings. The molecule has 8 heteroatoms. The van der Waals surface area contributed by atoms with E-state index in [2.05, 4.69) is 0 Å². The molecule has 22 valence electrons. The van der Waals surface area contributed by atoms with E-state index in [4.69, 9.17) is 0 Å². The summed E-state index contributed by atoms with van der Waals surface area (Å²) < 4.78 is 0. The molecule has 8 heavy (non-hydrogen) atoms. The van der Waals surface area contributed by atoms with Gasteiger partial charge in [0.05, 0.1) is 0 Å². The van der Waals surface area contributed by atoms with Gasteiger partial charge in [0.1, 0.15) is 0 Å². The summed E-state index contributed by atoms with van der Waals surface area (Å²) in [5.41, 5.74) is 0. The van der Waals surface area contributed by atoms with E-state index in [1.165, 1.54) is 0 Å². The van der Waals surface area contributed by atoms with E-state index in [1.807, 2.05) is 0 Å². The molecule has 0 saturated heterocycles. The third kappa shape index (κ3) is 41.9. The fourth-order valence-corrected chi connectivity index (χ4v) is 0. The number of nitrogens with zero attached hydrogens (tertiary/aromatic N) is 2. The van der Waals surface area contributed by atoms with E-state index >= 15 is 0 Å². The van der Waals surface area contributed by atoms with Crippen LogP contribution in [0.1, 0.15) is 0 Å². The Labute approximate surface area is 177 Å². The van der Waals surface area contributed by atoms with E-state index in [0.29, 0.717) is 0 Å². The molecule has 2 nitrogen and oxygen atoms in total. The molecule has 0 heterocycles. The summed E-state index contributed by atoms with van der Waals surface area (Å²) >= 11 is 0. The predicted octanol–water partition coefficient (Wildman–Crippen LogP) is -2.51. The van der Waals surface area contributed by atoms with Crippen molar-refractivity contribution in [2.75, 3.05) is 0 Å². The first-order chi connectivity index (χ1) is 0. The summed E-state index contributed by atoms with van der Waals surface area (Å²) in [6.45, 7) is 0. The Morgan fingerprint density at radius 2 is 0.375 bits per heavy atom. The quantitative estimate of drug-likeness (QED) is 0.362. The Morgan fingerprint density at radius 3 is 0.375 bits per heavy atom. The van der Waals surface area contributed by atoms with Crippen molar-refractivity contribution in [3.63, 3.8) is 0 Å². The van der Waals surface area contributed by atoms with Crippen LogP contribution in [-0.2, 0) is 0 Å². The summed E-state index contributed by atoms with van der Waals surface area (Å²) in [4.78, 5) is 0. The Balaban J connectivity index is 0. The van der Waals surface area contributed by atoms with Gasteiger partial charge in [-0.2, -0.15) is 0 Å². The number of hydrogen-bond acceptors (Lipinski definition) is 0. The second-order valence-corrected chi connectivity index (χ2v) is 0. The van der Waals surface area contributed by atoms with Crippen LogP contribution in [0.4, 0.5) is 0 Å². The topological polar surface area (TPSA) is 61.0 Å². The smallest absolute Gasteiger partial charge is 3.00 e. The van der Waals surface area contributed by atoms with Crippen LogP contribution >= 0.6 is 0 Å². The maximum absolute atomic E-state index is 0. The van der Waals surface area contributed by atoms with Crippen molar-refractivity contribution in [3.05, 3.63) is 12.3 Å². The third-order valence-electron chi connectivity index (χ3n) is 0. The Hall–Kier alpha value is 5.49. The minimum absolute atomic E-state index is 0. The molecule has 0 fully saturated rings. The summed E-state index contributed by atoms with van der Waals surface area (Å²) in [5, 5.41) is 0. The minimum atomic E-state index is 0. The molecule has 0 N–H and O–H groups in total. The predicted molar refractivity (Wildman–Crippen MR) is 45.4 cm³/mol. The first kappa shape index (κ1) is 69.8. The van der Waals surface area contributed by atoms with E-state index in [-0.39, 0.29) is 182 Å². The minimum Gasteiger partial charge on any atom is -3.00 e. The van der Waals surface area contributed by atoms with Crippen LogP contribution in [0.3, 0.4) is 0 Å². The van der Waals surface area contributed by atoms with Crippen LogP contribution in [0.5, 0.6) is 0 Å². The molecule has 0 spiro atoms. The van der Waals surface area contributed by atoms with Crippen molar-refractivity contribution in [3.8, 4) is 0 Å². The molecule has 0 amide bonds. The molecule has 0 unspecified atom stereocenters. The average molecular weight is 172 g/mol. The van der Waals surface area contributed by atoms with Crippen LogP contribution < -0.4 is 0 Å². The molecular weight excluding hydrogens is 169 g/mol. The number of hydrogen-bond donors (Lipinski definition) is 0. The van der Waals surface area contributed by atoms with Crippen LogP contribution in [0.2, 0.25) is 0 Å². The summed E-state index contributed by atoms with van der Waals surface area (Å²) in [6.07, 6.45) is 0. The van der Waals surface area contributed by atoms with Crippen molar-refractivity contribution in [1.29, 1.82) is 0 Å². The molecular formula is H3Ca3Li3N2. The van der Waals surface area contributed by atoms with Gasteiger partial charge in [-0.1, -0.05) is 0 Å². The van der Waals surface area contributed by atoms with Gasteiger partial charge in [-0.25, -0.2) is 0 Å². The number of rotatable bonds is 0. The molecule has 0 aliphatic heterocycles. The van der Waals surface area contributed by atoms with E-state index in [9.17, 15) is 0 Å². The molecule has 0 atom stereocenters. The van der Waals surface area contributed by atoms with Gasteiger partial charge in [0, 0.05) is 0 Å². The standard InChI is InChI=1S/3Ca.3Li.2N.3H/q3*+2;;;;2*-3;;;. The van der Waals surface area contributed by atoms with Gasteiger partial charge >= 0.3 is 170 Å². The molecule has 0 aliphatic rings. The van der Waals surface area contributed by atoms with E-state index in [1.54, 1.807) is 0 Å². The average Bonchev–Trinajstić information content (AvgIpc) is 0. The first-order valence-corrected chi connectivity index (χ1v) is 0. The van der Waals surface area contributed by atoms with Gasteiger partial charge in [-0.05, 0) is 0 Å². The monoisotopic (exact) mass is 172 g/mol. The summed E-state index contributed by atoms with van der Waals surface area (Å²) in [6, 6.07) is 0. The van der Waals surface area contributed by atoms with Crippen LogP contribution in [0.15, 0.2) is 0 Å². The summed E-state index contributed by atoms with van der Waals surface area (Å²) in [5.74, 6) is 0. The zero-order chi connectivity index (χ0) is 0. The second-order valence-electron chi connectivity index (χ2n) is 0. The van der Waals surface area contributed by atoms with Crippen molar-refractivity contribution < 1.29 is 0 Å². The van der Waals surface area contributed by atoms with Crippen molar-refractivity contribution in [2.24, 2.45) is 0 Å². The Morgan fingerprint density at radius 1 is 0.375 bits per heavy atom. The zero-order valence-electron chi connectivity index (χ0n) is 3.02.